The molecule has 0 fully saturated rings. The van der Waals surface area contributed by atoms with Crippen LogP contribution >= 0.6 is 23.2 Å². The minimum atomic E-state index is 0. The van der Waals surface area contributed by atoms with Crippen LogP contribution in [-0.4, -0.2) is 23.1 Å². The molecule has 0 aliphatic heterocycles. The third kappa shape index (κ3) is 7.09. The standard InChI is InChI=1S/C18H23Cl2N3O.CH4/c1-3-4-9-21-18-17(12-22-13(2)23-18)24-10-5-6-14-7-8-15(19)11-16(14)20;/h7-8,11-12H,3-6,9-10H2,1-2H3,(H,21,22,23);1H4. The van der Waals surface area contributed by atoms with Gasteiger partial charge in [0, 0.05) is 16.6 Å². The summed E-state index contributed by atoms with van der Waals surface area (Å²) >= 11 is 12.1. The summed E-state index contributed by atoms with van der Waals surface area (Å²) in [4.78, 5) is 8.64. The summed E-state index contributed by atoms with van der Waals surface area (Å²) < 4.78 is 5.85. The van der Waals surface area contributed by atoms with Crippen molar-refractivity contribution in [2.45, 2.75) is 47.0 Å². The monoisotopic (exact) mass is 383 g/mol. The van der Waals surface area contributed by atoms with Crippen LogP contribution < -0.4 is 10.1 Å². The van der Waals surface area contributed by atoms with Crippen molar-refractivity contribution in [1.82, 2.24) is 9.97 Å². The molecule has 0 amide bonds. The van der Waals surface area contributed by atoms with Crippen molar-refractivity contribution in [1.29, 1.82) is 0 Å². The van der Waals surface area contributed by atoms with E-state index >= 15 is 0 Å². The summed E-state index contributed by atoms with van der Waals surface area (Å²) in [6.07, 6.45) is 5.64. The number of ether oxygens (including phenoxy) is 1. The van der Waals surface area contributed by atoms with Crippen LogP contribution in [0.2, 0.25) is 10.0 Å². The van der Waals surface area contributed by atoms with Gasteiger partial charge < -0.3 is 10.1 Å². The highest BCUT2D eigenvalue weighted by Crippen LogP contribution is 2.23. The van der Waals surface area contributed by atoms with E-state index in [-0.39, 0.29) is 7.43 Å². The highest BCUT2D eigenvalue weighted by Gasteiger charge is 2.07. The zero-order chi connectivity index (χ0) is 17.4. The molecule has 0 bridgehead atoms. The van der Waals surface area contributed by atoms with Crippen LogP contribution in [-0.2, 0) is 6.42 Å². The first-order chi connectivity index (χ1) is 11.6. The fraction of sp³-hybridized carbons (Fsp3) is 0.474. The summed E-state index contributed by atoms with van der Waals surface area (Å²) in [5.41, 5.74) is 1.08. The fourth-order valence-corrected chi connectivity index (χ4v) is 2.75. The summed E-state index contributed by atoms with van der Waals surface area (Å²) in [6, 6.07) is 5.58. The Balaban J connectivity index is 0.00000312. The molecule has 1 aromatic heterocycles. The number of nitrogens with one attached hydrogen (secondary N) is 1. The lowest BCUT2D eigenvalue weighted by Gasteiger charge is -2.12. The van der Waals surface area contributed by atoms with Crippen molar-refractivity contribution in [2.24, 2.45) is 0 Å². The van der Waals surface area contributed by atoms with Gasteiger partial charge in [-0.15, -0.1) is 0 Å². The lowest BCUT2D eigenvalue weighted by Crippen LogP contribution is -2.08. The quantitative estimate of drug-likeness (QED) is 0.543. The molecule has 1 N–H and O–H groups in total. The van der Waals surface area contributed by atoms with Crippen LogP contribution in [0.15, 0.2) is 24.4 Å². The lowest BCUT2D eigenvalue weighted by atomic mass is 10.1. The number of nitrogens with zero attached hydrogens (tertiary/aromatic N) is 2. The average Bonchev–Trinajstić information content (AvgIpc) is 2.55. The normalized spacial score (nSPS) is 10.2. The number of unbranched alkanes of at least 4 members (excludes halogenated alkanes) is 1. The second-order valence-corrected chi connectivity index (χ2v) is 6.44. The van der Waals surface area contributed by atoms with Crippen LogP contribution in [0.5, 0.6) is 5.75 Å². The van der Waals surface area contributed by atoms with Crippen molar-refractivity contribution in [3.63, 3.8) is 0 Å². The molecule has 0 unspecified atom stereocenters. The Morgan fingerprint density at radius 3 is 2.72 bits per heavy atom. The lowest BCUT2D eigenvalue weighted by molar-refractivity contribution is 0.310. The van der Waals surface area contributed by atoms with Gasteiger partial charge in [-0.25, -0.2) is 9.97 Å². The third-order valence-corrected chi connectivity index (χ3v) is 4.15. The van der Waals surface area contributed by atoms with Gasteiger partial charge in [-0.1, -0.05) is 50.0 Å². The number of aromatic nitrogens is 2. The van der Waals surface area contributed by atoms with E-state index in [1.807, 2.05) is 19.1 Å². The molecule has 4 nitrogen and oxygen atoms in total. The molecule has 2 rings (SSSR count). The summed E-state index contributed by atoms with van der Waals surface area (Å²) in [5.74, 6) is 2.19. The molecule has 0 spiro atoms. The van der Waals surface area contributed by atoms with E-state index < -0.39 is 0 Å². The van der Waals surface area contributed by atoms with E-state index in [9.17, 15) is 0 Å². The first kappa shape index (κ1) is 21.5. The van der Waals surface area contributed by atoms with Gasteiger partial charge in [0.25, 0.3) is 0 Å². The molecule has 0 saturated carbocycles. The van der Waals surface area contributed by atoms with E-state index in [4.69, 9.17) is 27.9 Å². The molecule has 1 aromatic carbocycles. The molecule has 6 heteroatoms. The maximum Gasteiger partial charge on any atom is 0.179 e. The van der Waals surface area contributed by atoms with Gasteiger partial charge in [0.2, 0.25) is 0 Å². The minimum Gasteiger partial charge on any atom is -0.488 e. The molecule has 0 saturated heterocycles. The SMILES string of the molecule is C.CCCCNc1nc(C)ncc1OCCCc1ccc(Cl)cc1Cl. The number of anilines is 1. The molecule has 25 heavy (non-hydrogen) atoms. The predicted octanol–water partition coefficient (Wildman–Crippen LogP) is 5.95. The third-order valence-electron chi connectivity index (χ3n) is 3.56. The first-order valence-electron chi connectivity index (χ1n) is 8.24. The van der Waals surface area contributed by atoms with Crippen molar-refractivity contribution in [3.8, 4) is 5.75 Å². The van der Waals surface area contributed by atoms with Gasteiger partial charge in [0.15, 0.2) is 11.6 Å². The highest BCUT2D eigenvalue weighted by molar-refractivity contribution is 6.35. The second kappa shape index (κ2) is 11.2. The van der Waals surface area contributed by atoms with Gasteiger partial charge in [0.05, 0.1) is 12.8 Å². The van der Waals surface area contributed by atoms with Crippen LogP contribution in [0.25, 0.3) is 0 Å². The Hall–Kier alpha value is -1.52. The van der Waals surface area contributed by atoms with Gasteiger partial charge in [-0.05, 0) is 43.9 Å². The number of benzene rings is 1. The Morgan fingerprint density at radius 1 is 1.20 bits per heavy atom. The van der Waals surface area contributed by atoms with Crippen LogP contribution in [0.1, 0.15) is 45.0 Å². The summed E-state index contributed by atoms with van der Waals surface area (Å²) in [7, 11) is 0. The van der Waals surface area contributed by atoms with E-state index in [1.165, 1.54) is 0 Å². The zero-order valence-corrected chi connectivity index (χ0v) is 15.6. The maximum absolute atomic E-state index is 6.18. The van der Waals surface area contributed by atoms with Crippen molar-refractivity contribution < 1.29 is 4.74 Å². The maximum atomic E-state index is 6.18. The topological polar surface area (TPSA) is 47.0 Å². The number of aryl methyl sites for hydroxylation is 2. The largest absolute Gasteiger partial charge is 0.488 e. The minimum absolute atomic E-state index is 0. The summed E-state index contributed by atoms with van der Waals surface area (Å²) in [6.45, 7) is 5.49. The molecule has 0 atom stereocenters. The van der Waals surface area contributed by atoms with Crippen LogP contribution in [0.3, 0.4) is 0 Å². The number of hydrogen-bond acceptors (Lipinski definition) is 4. The van der Waals surface area contributed by atoms with Gasteiger partial charge in [-0.2, -0.15) is 0 Å². The number of hydrogen-bond donors (Lipinski definition) is 1. The van der Waals surface area contributed by atoms with E-state index in [2.05, 4.69) is 22.2 Å². The molecular formula is C19H27Cl2N3O. The number of rotatable bonds is 9. The Labute approximate surface area is 160 Å². The Kier molecular flexibility index (Phi) is 9.61. The van der Waals surface area contributed by atoms with Crippen molar-refractivity contribution in [3.05, 3.63) is 45.8 Å². The second-order valence-electron chi connectivity index (χ2n) is 5.60. The highest BCUT2D eigenvalue weighted by atomic mass is 35.5. The zero-order valence-electron chi connectivity index (χ0n) is 14.1. The van der Waals surface area contributed by atoms with E-state index in [0.29, 0.717) is 22.4 Å². The van der Waals surface area contributed by atoms with Gasteiger partial charge in [0.1, 0.15) is 5.82 Å². The number of halogens is 2. The summed E-state index contributed by atoms with van der Waals surface area (Å²) in [5, 5.41) is 4.67. The molecule has 138 valence electrons. The van der Waals surface area contributed by atoms with Crippen LogP contribution in [0, 0.1) is 6.92 Å². The molecule has 1 heterocycles. The molecule has 0 aliphatic rings. The van der Waals surface area contributed by atoms with Crippen molar-refractivity contribution >= 4 is 29.0 Å². The smallest absolute Gasteiger partial charge is 0.179 e. The predicted molar refractivity (Wildman–Crippen MR) is 107 cm³/mol. The fourth-order valence-electron chi connectivity index (χ4n) is 2.24. The van der Waals surface area contributed by atoms with Crippen molar-refractivity contribution in [2.75, 3.05) is 18.5 Å². The van der Waals surface area contributed by atoms with Gasteiger partial charge >= 0.3 is 0 Å². The molecule has 2 aromatic rings. The molecule has 0 radical (unpaired) electrons. The molecule has 0 aliphatic carbocycles. The Bertz CT molecular complexity index is 665. The van der Waals surface area contributed by atoms with E-state index in [0.717, 1.165) is 49.4 Å². The first-order valence-corrected chi connectivity index (χ1v) is 9.00. The van der Waals surface area contributed by atoms with E-state index in [1.54, 1.807) is 12.3 Å². The van der Waals surface area contributed by atoms with Gasteiger partial charge in [-0.3, -0.25) is 0 Å². The molecular weight excluding hydrogens is 357 g/mol. The Morgan fingerprint density at radius 2 is 2.00 bits per heavy atom. The average molecular weight is 384 g/mol. The van der Waals surface area contributed by atoms with Crippen LogP contribution in [0.4, 0.5) is 5.82 Å².